The van der Waals surface area contributed by atoms with Crippen molar-refractivity contribution >= 4 is 11.3 Å². The fraction of sp³-hybridized carbons (Fsp3) is 0.647. The van der Waals surface area contributed by atoms with Crippen LogP contribution in [0.15, 0.2) is 12.1 Å². The van der Waals surface area contributed by atoms with Crippen LogP contribution >= 0.6 is 11.3 Å². The average molecular weight is 288 g/mol. The van der Waals surface area contributed by atoms with Crippen molar-refractivity contribution in [1.82, 2.24) is 4.90 Å². The second-order valence-electron chi connectivity index (χ2n) is 6.00. The van der Waals surface area contributed by atoms with Crippen molar-refractivity contribution in [3.8, 4) is 11.8 Å². The van der Waals surface area contributed by atoms with Crippen LogP contribution in [0.5, 0.6) is 0 Å². The lowest BCUT2D eigenvalue weighted by Crippen LogP contribution is -2.33. The Hall–Kier alpha value is -0.820. The van der Waals surface area contributed by atoms with E-state index in [-0.39, 0.29) is 0 Å². The molecule has 2 N–H and O–H groups in total. The van der Waals surface area contributed by atoms with E-state index in [1.807, 2.05) is 11.3 Å². The van der Waals surface area contributed by atoms with Crippen molar-refractivity contribution in [2.24, 2.45) is 11.7 Å². The maximum absolute atomic E-state index is 5.43. The van der Waals surface area contributed by atoms with E-state index in [9.17, 15) is 0 Å². The maximum Gasteiger partial charge on any atom is 0.0772 e. The molecule has 2 nitrogen and oxygen atoms in total. The molecule has 0 aromatic carbocycles. The monoisotopic (exact) mass is 288 g/mol. The molecule has 0 amide bonds. The summed E-state index contributed by atoms with van der Waals surface area (Å²) in [6, 6.07) is 5.23. The normalized spacial score (nSPS) is 23.9. The Balaban J connectivity index is 1.62. The van der Waals surface area contributed by atoms with Crippen LogP contribution in [0.25, 0.3) is 0 Å². The SMILES string of the molecule is NCC#Cc1ccc(CN2CCCC2C2CCCC2)s1. The summed E-state index contributed by atoms with van der Waals surface area (Å²) in [5.74, 6) is 7.05. The topological polar surface area (TPSA) is 29.3 Å². The number of rotatable bonds is 3. The summed E-state index contributed by atoms with van der Waals surface area (Å²) in [7, 11) is 0. The molecule has 1 saturated carbocycles. The van der Waals surface area contributed by atoms with Crippen molar-refractivity contribution in [3.63, 3.8) is 0 Å². The van der Waals surface area contributed by atoms with E-state index >= 15 is 0 Å². The molecule has 0 spiro atoms. The van der Waals surface area contributed by atoms with Gasteiger partial charge in [0.2, 0.25) is 0 Å². The fourth-order valence-corrected chi connectivity index (χ4v) is 4.70. The largest absolute Gasteiger partial charge is 0.320 e. The molecule has 108 valence electrons. The Morgan fingerprint density at radius 1 is 1.20 bits per heavy atom. The summed E-state index contributed by atoms with van der Waals surface area (Å²) < 4.78 is 0. The van der Waals surface area contributed by atoms with E-state index in [0.29, 0.717) is 6.54 Å². The second kappa shape index (κ2) is 6.76. The third-order valence-electron chi connectivity index (χ3n) is 4.69. The van der Waals surface area contributed by atoms with E-state index in [0.717, 1.165) is 23.4 Å². The first-order valence-electron chi connectivity index (χ1n) is 7.88. The molecule has 0 bridgehead atoms. The van der Waals surface area contributed by atoms with Crippen LogP contribution < -0.4 is 5.73 Å². The van der Waals surface area contributed by atoms with Crippen LogP contribution in [0.4, 0.5) is 0 Å². The number of nitrogens with zero attached hydrogens (tertiary/aromatic N) is 1. The van der Waals surface area contributed by atoms with Crippen molar-refractivity contribution < 1.29 is 0 Å². The highest BCUT2D eigenvalue weighted by Crippen LogP contribution is 2.36. The van der Waals surface area contributed by atoms with Crippen LogP contribution in [-0.2, 0) is 6.54 Å². The lowest BCUT2D eigenvalue weighted by molar-refractivity contribution is 0.184. The zero-order valence-electron chi connectivity index (χ0n) is 12.1. The van der Waals surface area contributed by atoms with Crippen molar-refractivity contribution in [1.29, 1.82) is 0 Å². The molecule has 2 fully saturated rings. The highest BCUT2D eigenvalue weighted by Gasteiger charge is 2.33. The van der Waals surface area contributed by atoms with Crippen LogP contribution in [0, 0.1) is 17.8 Å². The Kier molecular flexibility index (Phi) is 4.77. The molecule has 1 aliphatic heterocycles. The molecule has 20 heavy (non-hydrogen) atoms. The first-order valence-corrected chi connectivity index (χ1v) is 8.70. The van der Waals surface area contributed by atoms with Gasteiger partial charge in [-0.25, -0.2) is 0 Å². The van der Waals surface area contributed by atoms with E-state index in [4.69, 9.17) is 5.73 Å². The average Bonchev–Trinajstić information content (AvgIpc) is 3.18. The molecular weight excluding hydrogens is 264 g/mol. The molecule has 1 atom stereocenters. The van der Waals surface area contributed by atoms with Crippen molar-refractivity contribution in [3.05, 3.63) is 21.9 Å². The summed E-state index contributed by atoms with van der Waals surface area (Å²) in [6.45, 7) is 2.85. The third kappa shape index (κ3) is 3.25. The van der Waals surface area contributed by atoms with E-state index < -0.39 is 0 Å². The molecule has 1 aromatic heterocycles. The highest BCUT2D eigenvalue weighted by atomic mass is 32.1. The molecule has 1 saturated heterocycles. The fourth-order valence-electron chi connectivity index (χ4n) is 3.79. The molecule has 3 heteroatoms. The van der Waals surface area contributed by atoms with Gasteiger partial charge < -0.3 is 5.73 Å². The minimum absolute atomic E-state index is 0.448. The minimum atomic E-state index is 0.448. The van der Waals surface area contributed by atoms with Gasteiger partial charge in [0.15, 0.2) is 0 Å². The van der Waals surface area contributed by atoms with Gasteiger partial charge in [-0.3, -0.25) is 4.90 Å². The number of hydrogen-bond donors (Lipinski definition) is 1. The molecule has 1 unspecified atom stereocenters. The van der Waals surface area contributed by atoms with Gasteiger partial charge >= 0.3 is 0 Å². The number of likely N-dealkylation sites (tertiary alicyclic amines) is 1. The predicted molar refractivity (Wildman–Crippen MR) is 85.6 cm³/mol. The van der Waals surface area contributed by atoms with Gasteiger partial charge in [-0.2, -0.15) is 0 Å². The van der Waals surface area contributed by atoms with Gasteiger partial charge in [0.05, 0.1) is 11.4 Å². The van der Waals surface area contributed by atoms with Gasteiger partial charge in [0, 0.05) is 17.5 Å². The Bertz CT molecular complexity index is 491. The van der Waals surface area contributed by atoms with Crippen molar-refractivity contribution in [2.45, 2.75) is 51.1 Å². The molecule has 1 aliphatic carbocycles. The number of nitrogens with two attached hydrogens (primary N) is 1. The molecule has 1 aromatic rings. The first-order chi connectivity index (χ1) is 9.86. The lowest BCUT2D eigenvalue weighted by atomic mass is 9.96. The van der Waals surface area contributed by atoms with Crippen LogP contribution in [0.3, 0.4) is 0 Å². The van der Waals surface area contributed by atoms with Gasteiger partial charge in [-0.1, -0.05) is 24.7 Å². The lowest BCUT2D eigenvalue weighted by Gasteiger charge is -2.28. The maximum atomic E-state index is 5.43. The second-order valence-corrected chi connectivity index (χ2v) is 7.16. The number of hydrogen-bond acceptors (Lipinski definition) is 3. The zero-order chi connectivity index (χ0) is 13.8. The molecule has 3 rings (SSSR count). The standard InChI is InChI=1S/C17H24N2S/c18-11-3-7-15-9-10-16(20-15)13-19-12-4-8-17(19)14-5-1-2-6-14/h9-10,14,17H,1-2,4-6,8,11-13,18H2. The van der Waals surface area contributed by atoms with Crippen LogP contribution in [0.1, 0.15) is 48.3 Å². The third-order valence-corrected chi connectivity index (χ3v) is 5.68. The summed E-state index contributed by atoms with van der Waals surface area (Å²) in [4.78, 5) is 5.33. The summed E-state index contributed by atoms with van der Waals surface area (Å²) >= 11 is 1.83. The summed E-state index contributed by atoms with van der Waals surface area (Å²) in [5.41, 5.74) is 5.43. The van der Waals surface area contributed by atoms with Crippen LogP contribution in [0.2, 0.25) is 0 Å². The Morgan fingerprint density at radius 2 is 2.05 bits per heavy atom. The Morgan fingerprint density at radius 3 is 2.85 bits per heavy atom. The smallest absolute Gasteiger partial charge is 0.0772 e. The molecular formula is C17H24N2S. The first kappa shape index (κ1) is 14.1. The van der Waals surface area contributed by atoms with Gasteiger partial charge in [-0.15, -0.1) is 11.3 Å². The predicted octanol–water partition coefficient (Wildman–Crippen LogP) is 3.21. The van der Waals surface area contributed by atoms with Crippen LogP contribution in [-0.4, -0.2) is 24.0 Å². The summed E-state index contributed by atoms with van der Waals surface area (Å²) in [6.07, 6.45) is 8.61. The van der Waals surface area contributed by atoms with Crippen molar-refractivity contribution in [2.75, 3.05) is 13.1 Å². The number of thiophene rings is 1. The van der Waals surface area contributed by atoms with Gasteiger partial charge in [0.25, 0.3) is 0 Å². The molecule has 2 aliphatic rings. The molecule has 2 heterocycles. The van der Waals surface area contributed by atoms with Gasteiger partial charge in [0.1, 0.15) is 0 Å². The highest BCUT2D eigenvalue weighted by molar-refractivity contribution is 7.12. The quantitative estimate of drug-likeness (QED) is 0.865. The van der Waals surface area contributed by atoms with Gasteiger partial charge in [-0.05, 0) is 50.3 Å². The minimum Gasteiger partial charge on any atom is -0.320 e. The summed E-state index contributed by atoms with van der Waals surface area (Å²) in [5, 5.41) is 0. The zero-order valence-corrected chi connectivity index (χ0v) is 12.9. The molecule has 0 radical (unpaired) electrons. The van der Waals surface area contributed by atoms with E-state index in [1.54, 1.807) is 0 Å². The Labute approximate surface area is 126 Å². The van der Waals surface area contributed by atoms with E-state index in [1.165, 1.54) is 49.9 Å². The van der Waals surface area contributed by atoms with E-state index in [2.05, 4.69) is 28.9 Å².